The molecule has 1 rings (SSSR count). The van der Waals surface area contributed by atoms with Crippen LogP contribution in [0.4, 0.5) is 19.2 Å². The summed E-state index contributed by atoms with van der Waals surface area (Å²) in [6.45, 7) is 0. The van der Waals surface area contributed by atoms with Crippen LogP contribution in [0, 0.1) is 0 Å². The van der Waals surface area contributed by atoms with Gasteiger partial charge in [-0.1, -0.05) is 5.16 Å². The molecule has 0 fully saturated rings. The van der Waals surface area contributed by atoms with Gasteiger partial charge in [-0.25, -0.2) is 0 Å². The van der Waals surface area contributed by atoms with Gasteiger partial charge in [0.1, 0.15) is 0 Å². The van der Waals surface area contributed by atoms with Crippen LogP contribution >= 0.6 is 0 Å². The number of hydrogen-bond acceptors (Lipinski definition) is 4. The Hall–Kier alpha value is -1.27. The van der Waals surface area contributed by atoms with E-state index in [1.807, 2.05) is 0 Å². The van der Waals surface area contributed by atoms with Gasteiger partial charge in [0.15, 0.2) is 0 Å². The summed E-state index contributed by atoms with van der Waals surface area (Å²) in [6.07, 6.45) is -4.58. The summed E-state index contributed by atoms with van der Waals surface area (Å²) in [7, 11) is 0. The molecule has 56 valence electrons. The molecule has 0 spiro atoms. The van der Waals surface area contributed by atoms with Gasteiger partial charge in [-0.2, -0.15) is 18.2 Å². The molecule has 0 atom stereocenters. The van der Waals surface area contributed by atoms with Crippen LogP contribution in [0.15, 0.2) is 4.52 Å². The molecule has 0 amide bonds. The summed E-state index contributed by atoms with van der Waals surface area (Å²) in [5, 5.41) is 2.55. The fourth-order valence-electron chi connectivity index (χ4n) is 0.350. The second-order valence-corrected chi connectivity index (χ2v) is 1.45. The third-order valence-electron chi connectivity index (χ3n) is 0.695. The van der Waals surface area contributed by atoms with E-state index in [9.17, 15) is 13.2 Å². The predicted molar refractivity (Wildman–Crippen MR) is 23.7 cm³/mol. The maximum absolute atomic E-state index is 11.6. The molecule has 0 bridgehead atoms. The zero-order chi connectivity index (χ0) is 7.78. The maximum Gasteiger partial charge on any atom is 0.455 e. The third kappa shape index (κ3) is 1.17. The molecule has 1 aromatic heterocycles. The molecule has 0 saturated heterocycles. The highest BCUT2D eigenvalue weighted by atomic mass is 19.4. The van der Waals surface area contributed by atoms with E-state index in [0.29, 0.717) is 0 Å². The Kier molecular flexibility index (Phi) is 1.27. The van der Waals surface area contributed by atoms with Crippen LogP contribution in [0.25, 0.3) is 0 Å². The van der Waals surface area contributed by atoms with Crippen molar-refractivity contribution in [2.45, 2.75) is 6.18 Å². The van der Waals surface area contributed by atoms with Gasteiger partial charge in [-0.3, -0.25) is 0 Å². The van der Waals surface area contributed by atoms with E-state index in [1.54, 1.807) is 0 Å². The molecule has 0 aliphatic rings. The van der Waals surface area contributed by atoms with Gasteiger partial charge < -0.3 is 10.3 Å². The molecule has 0 unspecified atom stereocenters. The van der Waals surface area contributed by atoms with Gasteiger partial charge in [0.2, 0.25) is 0 Å². The lowest BCUT2D eigenvalue weighted by Crippen LogP contribution is -2.07. The lowest BCUT2D eigenvalue weighted by atomic mass is 10.6. The first-order chi connectivity index (χ1) is 4.50. The molecular weight excluding hydrogens is 151 g/mol. The summed E-state index contributed by atoms with van der Waals surface area (Å²) < 4.78 is 38.6. The van der Waals surface area contributed by atoms with E-state index in [1.165, 1.54) is 0 Å². The normalized spacial score (nSPS) is 11.9. The third-order valence-corrected chi connectivity index (χ3v) is 0.695. The van der Waals surface area contributed by atoms with E-state index in [2.05, 4.69) is 14.7 Å². The van der Waals surface area contributed by atoms with E-state index < -0.39 is 18.0 Å². The molecule has 1 heterocycles. The average Bonchev–Trinajstić information content (AvgIpc) is 2.11. The standard InChI is InChI=1S/C3H2F3N3O/c4-3(5,6)1-8-2(7)10-9-1/h(H2,7,8,9). The van der Waals surface area contributed by atoms with Crippen molar-refractivity contribution in [1.29, 1.82) is 0 Å². The van der Waals surface area contributed by atoms with E-state index in [0.717, 1.165) is 0 Å². The zero-order valence-corrected chi connectivity index (χ0v) is 4.51. The van der Waals surface area contributed by atoms with Crippen LogP contribution in [0.3, 0.4) is 0 Å². The van der Waals surface area contributed by atoms with Crippen LogP contribution in [0.1, 0.15) is 5.82 Å². The monoisotopic (exact) mass is 153 g/mol. The largest absolute Gasteiger partial charge is 0.455 e. The molecule has 0 radical (unpaired) electrons. The maximum atomic E-state index is 11.6. The highest BCUT2D eigenvalue weighted by Crippen LogP contribution is 2.26. The Bertz CT molecular complexity index is 229. The molecule has 7 heteroatoms. The van der Waals surface area contributed by atoms with Gasteiger partial charge in [0.25, 0.3) is 5.82 Å². The fraction of sp³-hybridized carbons (Fsp3) is 0.333. The second-order valence-electron chi connectivity index (χ2n) is 1.45. The molecule has 0 aromatic carbocycles. The first-order valence-corrected chi connectivity index (χ1v) is 2.16. The highest BCUT2D eigenvalue weighted by molar-refractivity contribution is 5.08. The van der Waals surface area contributed by atoms with Gasteiger partial charge in [0.05, 0.1) is 0 Å². The van der Waals surface area contributed by atoms with Crippen molar-refractivity contribution in [3.63, 3.8) is 0 Å². The van der Waals surface area contributed by atoms with Crippen molar-refractivity contribution < 1.29 is 17.7 Å². The Labute approximate surface area is 52.8 Å². The number of nitrogens with zero attached hydrogens (tertiary/aromatic N) is 2. The van der Waals surface area contributed by atoms with Crippen LogP contribution in [-0.4, -0.2) is 10.1 Å². The summed E-state index contributed by atoms with van der Waals surface area (Å²) >= 11 is 0. The first-order valence-electron chi connectivity index (χ1n) is 2.16. The minimum Gasteiger partial charge on any atom is -0.351 e. The molecule has 0 aliphatic carbocycles. The van der Waals surface area contributed by atoms with Gasteiger partial charge in [-0.05, 0) is 0 Å². The zero-order valence-electron chi connectivity index (χ0n) is 4.51. The lowest BCUT2D eigenvalue weighted by Gasteiger charge is -1.95. The highest BCUT2D eigenvalue weighted by Gasteiger charge is 2.36. The van der Waals surface area contributed by atoms with Gasteiger partial charge in [-0.15, -0.1) is 0 Å². The van der Waals surface area contributed by atoms with Crippen molar-refractivity contribution in [3.8, 4) is 0 Å². The van der Waals surface area contributed by atoms with Crippen molar-refractivity contribution in [2.24, 2.45) is 0 Å². The van der Waals surface area contributed by atoms with E-state index >= 15 is 0 Å². The minimum atomic E-state index is -4.58. The number of aromatic nitrogens is 2. The Morgan fingerprint density at radius 3 is 2.20 bits per heavy atom. The molecule has 1 aromatic rings. The van der Waals surface area contributed by atoms with Crippen molar-refractivity contribution in [3.05, 3.63) is 5.82 Å². The number of alkyl halides is 3. The number of rotatable bonds is 0. The SMILES string of the molecule is Nc1nc(C(F)(F)F)no1. The Balaban J connectivity index is 2.96. The molecule has 10 heavy (non-hydrogen) atoms. The predicted octanol–water partition coefficient (Wildman–Crippen LogP) is 0.671. The number of nitrogens with two attached hydrogens (primary N) is 1. The van der Waals surface area contributed by atoms with Crippen LogP contribution < -0.4 is 5.73 Å². The second kappa shape index (κ2) is 1.86. The average molecular weight is 153 g/mol. The lowest BCUT2D eigenvalue weighted by molar-refractivity contribution is -0.146. The van der Waals surface area contributed by atoms with Crippen LogP contribution in [0.2, 0.25) is 0 Å². The van der Waals surface area contributed by atoms with Crippen molar-refractivity contribution in [2.75, 3.05) is 5.73 Å². The smallest absolute Gasteiger partial charge is 0.351 e. The quantitative estimate of drug-likeness (QED) is 0.594. The minimum absolute atomic E-state index is 0.590. The van der Waals surface area contributed by atoms with E-state index in [4.69, 9.17) is 5.73 Å². The van der Waals surface area contributed by atoms with Gasteiger partial charge >= 0.3 is 12.2 Å². The fourth-order valence-corrected chi connectivity index (χ4v) is 0.350. The van der Waals surface area contributed by atoms with E-state index in [-0.39, 0.29) is 0 Å². The molecule has 2 N–H and O–H groups in total. The number of hydrogen-bond donors (Lipinski definition) is 1. The molecule has 4 nitrogen and oxygen atoms in total. The van der Waals surface area contributed by atoms with Crippen LogP contribution in [0.5, 0.6) is 0 Å². The summed E-state index contributed by atoms with van der Waals surface area (Å²) in [4.78, 5) is 2.76. The molecule has 0 saturated carbocycles. The Morgan fingerprint density at radius 1 is 1.40 bits per heavy atom. The van der Waals surface area contributed by atoms with Gasteiger partial charge in [0, 0.05) is 0 Å². The molecule has 0 aliphatic heterocycles. The van der Waals surface area contributed by atoms with Crippen molar-refractivity contribution in [1.82, 2.24) is 10.1 Å². The first kappa shape index (κ1) is 6.84. The van der Waals surface area contributed by atoms with Crippen LogP contribution in [-0.2, 0) is 6.18 Å². The summed E-state index contributed by atoms with van der Waals surface area (Å²) in [5.41, 5.74) is 4.73. The Morgan fingerprint density at radius 2 is 2.00 bits per heavy atom. The topological polar surface area (TPSA) is 64.9 Å². The number of nitrogen functional groups attached to an aromatic ring is 1. The summed E-state index contributed by atoms with van der Waals surface area (Å²) in [5.74, 6) is -1.36. The van der Waals surface area contributed by atoms with Crippen molar-refractivity contribution >= 4 is 6.01 Å². The number of halogens is 3. The molecular formula is C3H2F3N3O. The summed E-state index contributed by atoms with van der Waals surface area (Å²) in [6, 6.07) is -0.590. The number of anilines is 1.